The van der Waals surface area contributed by atoms with Crippen LogP contribution in [-0.2, 0) is 9.53 Å². The van der Waals surface area contributed by atoms with Gasteiger partial charge in [-0.15, -0.1) is 0 Å². The van der Waals surface area contributed by atoms with Crippen LogP contribution in [0.25, 0.3) is 0 Å². The minimum absolute atomic E-state index is 0.0819. The molecular formula is C24H36F3N3O4. The number of hydrogen-bond donors (Lipinski definition) is 1. The maximum Gasteiger partial charge on any atom is 0.390 e. The van der Waals surface area contributed by atoms with Crippen LogP contribution in [0.5, 0.6) is 5.75 Å². The average molecular weight is 488 g/mol. The van der Waals surface area contributed by atoms with E-state index in [0.29, 0.717) is 30.6 Å². The SMILES string of the molecule is CCCC(=O)Nc1ccc2c(c1)OC[C@@H](C)N(CCC(F)(F)F)C[C@@H](C)[C@H](OC)CN(C)C2=O. The van der Waals surface area contributed by atoms with E-state index in [4.69, 9.17) is 9.47 Å². The van der Waals surface area contributed by atoms with Gasteiger partial charge in [0.25, 0.3) is 5.91 Å². The number of methoxy groups -OCH3 is 1. The second-order valence-corrected chi connectivity index (χ2v) is 8.97. The molecule has 1 aliphatic heterocycles. The number of likely N-dealkylation sites (N-methyl/N-ethyl adjacent to an activating group) is 1. The van der Waals surface area contributed by atoms with E-state index in [2.05, 4.69) is 5.32 Å². The van der Waals surface area contributed by atoms with E-state index in [1.54, 1.807) is 37.1 Å². The van der Waals surface area contributed by atoms with Crippen molar-refractivity contribution in [1.29, 1.82) is 0 Å². The molecule has 10 heteroatoms. The fourth-order valence-corrected chi connectivity index (χ4v) is 3.96. The first-order chi connectivity index (χ1) is 15.9. The van der Waals surface area contributed by atoms with Crippen molar-refractivity contribution < 1.29 is 32.2 Å². The molecule has 0 saturated carbocycles. The van der Waals surface area contributed by atoms with Crippen molar-refractivity contribution in [3.05, 3.63) is 23.8 Å². The van der Waals surface area contributed by atoms with Gasteiger partial charge in [-0.1, -0.05) is 13.8 Å². The number of alkyl halides is 3. The zero-order chi connectivity index (χ0) is 25.5. The summed E-state index contributed by atoms with van der Waals surface area (Å²) in [6.07, 6.45) is -4.49. The molecule has 34 heavy (non-hydrogen) atoms. The van der Waals surface area contributed by atoms with Gasteiger partial charge in [0.15, 0.2) is 0 Å². The molecular weight excluding hydrogens is 451 g/mol. The molecule has 7 nitrogen and oxygen atoms in total. The molecule has 0 aromatic heterocycles. The van der Waals surface area contributed by atoms with Gasteiger partial charge in [0.2, 0.25) is 5.91 Å². The summed E-state index contributed by atoms with van der Waals surface area (Å²) in [5.41, 5.74) is 0.804. The highest BCUT2D eigenvalue weighted by Crippen LogP contribution is 2.27. The molecule has 1 aliphatic rings. The third-order valence-corrected chi connectivity index (χ3v) is 6.02. The van der Waals surface area contributed by atoms with Crippen molar-refractivity contribution >= 4 is 17.5 Å². The molecule has 0 aliphatic carbocycles. The summed E-state index contributed by atoms with van der Waals surface area (Å²) in [5, 5.41) is 2.78. The van der Waals surface area contributed by atoms with Gasteiger partial charge in [-0.05, 0) is 31.4 Å². The first-order valence-electron chi connectivity index (χ1n) is 11.6. The number of nitrogens with one attached hydrogen (secondary N) is 1. The first kappa shape index (κ1) is 27.9. The van der Waals surface area contributed by atoms with Crippen LogP contribution in [0, 0.1) is 5.92 Å². The lowest BCUT2D eigenvalue weighted by atomic mass is 10.0. The summed E-state index contributed by atoms with van der Waals surface area (Å²) < 4.78 is 50.5. The van der Waals surface area contributed by atoms with Crippen molar-refractivity contribution in [2.75, 3.05) is 45.7 Å². The van der Waals surface area contributed by atoms with E-state index >= 15 is 0 Å². The number of carbonyl (C=O) groups excluding carboxylic acids is 2. The Morgan fingerprint density at radius 1 is 1.26 bits per heavy atom. The van der Waals surface area contributed by atoms with Crippen LogP contribution in [0.2, 0.25) is 0 Å². The molecule has 1 aromatic carbocycles. The summed E-state index contributed by atoms with van der Waals surface area (Å²) in [5.74, 6) is -0.261. The predicted octanol–water partition coefficient (Wildman–Crippen LogP) is 4.18. The topological polar surface area (TPSA) is 71.1 Å². The molecule has 1 N–H and O–H groups in total. The lowest BCUT2D eigenvalue weighted by Gasteiger charge is -2.36. The summed E-state index contributed by atoms with van der Waals surface area (Å²) >= 11 is 0. The fourth-order valence-electron chi connectivity index (χ4n) is 3.96. The standard InChI is InChI=1S/C24H36F3N3O4/c1-6-7-22(31)28-18-8-9-19-20(12-18)34-15-17(3)30(11-10-24(25,26)27)13-16(2)21(33-5)14-29(4)23(19)32/h8-9,12,16-17,21H,6-7,10-11,13-15H2,1-5H3,(H,28,31)/t16-,17-,21-/m1/s1. The highest BCUT2D eigenvalue weighted by atomic mass is 19.4. The number of nitrogens with zero attached hydrogens (tertiary/aromatic N) is 2. The Balaban J connectivity index is 2.37. The maximum absolute atomic E-state index is 13.2. The fraction of sp³-hybridized carbons (Fsp3) is 0.667. The van der Waals surface area contributed by atoms with Crippen LogP contribution in [0.15, 0.2) is 18.2 Å². The molecule has 0 radical (unpaired) electrons. The zero-order valence-electron chi connectivity index (χ0n) is 20.6. The molecule has 0 unspecified atom stereocenters. The Morgan fingerprint density at radius 2 is 1.97 bits per heavy atom. The lowest BCUT2D eigenvalue weighted by molar-refractivity contribution is -0.140. The summed E-state index contributed by atoms with van der Waals surface area (Å²) in [6, 6.07) is 4.48. The van der Waals surface area contributed by atoms with Crippen molar-refractivity contribution in [2.45, 2.75) is 58.4 Å². The molecule has 0 bridgehead atoms. The number of anilines is 1. The van der Waals surface area contributed by atoms with Gasteiger partial charge in [0.05, 0.1) is 18.1 Å². The Labute approximate surface area is 199 Å². The van der Waals surface area contributed by atoms with E-state index in [-0.39, 0.29) is 55.3 Å². The van der Waals surface area contributed by atoms with Gasteiger partial charge in [0.1, 0.15) is 12.4 Å². The second-order valence-electron chi connectivity index (χ2n) is 8.97. The van der Waals surface area contributed by atoms with Gasteiger partial charge >= 0.3 is 6.18 Å². The number of amides is 2. The van der Waals surface area contributed by atoms with Gasteiger partial charge in [-0.3, -0.25) is 14.5 Å². The number of benzene rings is 1. The maximum atomic E-state index is 13.2. The molecule has 192 valence electrons. The Bertz CT molecular complexity index is 834. The third kappa shape index (κ3) is 8.16. The first-order valence-corrected chi connectivity index (χ1v) is 11.6. The van der Waals surface area contributed by atoms with E-state index < -0.39 is 12.6 Å². The van der Waals surface area contributed by atoms with Crippen LogP contribution >= 0.6 is 0 Å². The Hall–Kier alpha value is -2.33. The highest BCUT2D eigenvalue weighted by Gasteiger charge is 2.32. The summed E-state index contributed by atoms with van der Waals surface area (Å²) in [4.78, 5) is 28.5. The number of rotatable bonds is 6. The van der Waals surface area contributed by atoms with Crippen molar-refractivity contribution in [2.24, 2.45) is 5.92 Å². The monoisotopic (exact) mass is 487 g/mol. The minimum Gasteiger partial charge on any atom is -0.491 e. The molecule has 1 heterocycles. The number of fused-ring (bicyclic) bond motifs is 1. The van der Waals surface area contributed by atoms with Gasteiger partial charge in [0, 0.05) is 58.0 Å². The van der Waals surface area contributed by atoms with Crippen LogP contribution in [0.3, 0.4) is 0 Å². The highest BCUT2D eigenvalue weighted by molar-refractivity contribution is 5.98. The van der Waals surface area contributed by atoms with E-state index in [1.807, 2.05) is 13.8 Å². The van der Waals surface area contributed by atoms with Crippen molar-refractivity contribution in [3.8, 4) is 5.75 Å². The number of halogens is 3. The Kier molecular flexibility index (Phi) is 10.2. The molecule has 3 atom stereocenters. The smallest absolute Gasteiger partial charge is 0.390 e. The quantitative estimate of drug-likeness (QED) is 0.652. The van der Waals surface area contributed by atoms with Crippen molar-refractivity contribution in [3.63, 3.8) is 0 Å². The largest absolute Gasteiger partial charge is 0.491 e. The zero-order valence-corrected chi connectivity index (χ0v) is 20.6. The van der Waals surface area contributed by atoms with Crippen LogP contribution in [0.1, 0.15) is 50.4 Å². The predicted molar refractivity (Wildman–Crippen MR) is 124 cm³/mol. The molecule has 0 spiro atoms. The minimum atomic E-state index is -4.26. The summed E-state index contributed by atoms with van der Waals surface area (Å²) in [7, 11) is 3.19. The summed E-state index contributed by atoms with van der Waals surface area (Å²) in [6.45, 7) is 6.16. The Morgan fingerprint density at radius 3 is 2.59 bits per heavy atom. The number of carbonyl (C=O) groups is 2. The third-order valence-electron chi connectivity index (χ3n) is 6.02. The molecule has 2 rings (SSSR count). The van der Waals surface area contributed by atoms with Crippen LogP contribution in [-0.4, -0.2) is 80.3 Å². The normalized spacial score (nSPS) is 22.9. The van der Waals surface area contributed by atoms with Crippen molar-refractivity contribution in [1.82, 2.24) is 9.80 Å². The van der Waals surface area contributed by atoms with Gasteiger partial charge in [-0.25, -0.2) is 0 Å². The van der Waals surface area contributed by atoms with E-state index in [1.165, 1.54) is 12.0 Å². The average Bonchev–Trinajstić information content (AvgIpc) is 2.76. The number of hydrogen-bond acceptors (Lipinski definition) is 5. The molecule has 2 amide bonds. The van der Waals surface area contributed by atoms with E-state index in [9.17, 15) is 22.8 Å². The van der Waals surface area contributed by atoms with Crippen LogP contribution in [0.4, 0.5) is 18.9 Å². The molecule has 0 fully saturated rings. The molecule has 1 aromatic rings. The lowest BCUT2D eigenvalue weighted by Crippen LogP contribution is -2.47. The number of ether oxygens (including phenoxy) is 2. The van der Waals surface area contributed by atoms with E-state index in [0.717, 1.165) is 0 Å². The second kappa shape index (κ2) is 12.4. The van der Waals surface area contributed by atoms with Gasteiger partial charge in [-0.2, -0.15) is 13.2 Å². The van der Waals surface area contributed by atoms with Gasteiger partial charge < -0.3 is 19.7 Å². The molecule has 0 saturated heterocycles. The van der Waals surface area contributed by atoms with Crippen LogP contribution < -0.4 is 10.1 Å².